The fourth-order valence-corrected chi connectivity index (χ4v) is 3.42. The van der Waals surface area contributed by atoms with E-state index in [4.69, 9.17) is 9.47 Å². The average Bonchev–Trinajstić information content (AvgIpc) is 2.94. The molecule has 1 aromatic heterocycles. The molecule has 0 saturated heterocycles. The molecule has 150 valence electrons. The number of nitrogens with zero attached hydrogens (tertiary/aromatic N) is 1. The Bertz CT molecular complexity index is 908. The molecule has 0 aliphatic heterocycles. The van der Waals surface area contributed by atoms with E-state index in [0.29, 0.717) is 22.4 Å². The number of benzene rings is 1. The molecule has 0 fully saturated rings. The predicted molar refractivity (Wildman–Crippen MR) is 106 cm³/mol. The van der Waals surface area contributed by atoms with Gasteiger partial charge < -0.3 is 14.0 Å². The van der Waals surface area contributed by atoms with E-state index < -0.39 is 5.97 Å². The van der Waals surface area contributed by atoms with Crippen LogP contribution in [0.5, 0.6) is 5.75 Å². The molecule has 0 radical (unpaired) electrons. The van der Waals surface area contributed by atoms with E-state index in [1.807, 2.05) is 19.9 Å². The number of ether oxygens (including phenoxy) is 2. The average molecular weight is 385 g/mol. The normalized spacial score (nSPS) is 10.8. The van der Waals surface area contributed by atoms with Gasteiger partial charge in [0.2, 0.25) is 5.78 Å². The van der Waals surface area contributed by atoms with Crippen LogP contribution in [-0.2, 0) is 16.0 Å². The highest BCUT2D eigenvalue weighted by atomic mass is 16.5. The van der Waals surface area contributed by atoms with Gasteiger partial charge in [0.25, 0.3) is 0 Å². The van der Waals surface area contributed by atoms with Crippen LogP contribution in [0.4, 0.5) is 0 Å². The SMILES string of the molecule is COc1ccc(C(C)=O)cc1CC(=O)OCC(=O)c1cc(C)n(C(C)C)c1C. The van der Waals surface area contributed by atoms with E-state index in [1.165, 1.54) is 14.0 Å². The summed E-state index contributed by atoms with van der Waals surface area (Å²) < 4.78 is 12.5. The van der Waals surface area contributed by atoms with Gasteiger partial charge in [-0.2, -0.15) is 0 Å². The molecule has 2 rings (SSSR count). The maximum Gasteiger partial charge on any atom is 0.310 e. The van der Waals surface area contributed by atoms with E-state index >= 15 is 0 Å². The summed E-state index contributed by atoms with van der Waals surface area (Å²) in [6, 6.07) is 6.96. The van der Waals surface area contributed by atoms with Gasteiger partial charge in [0, 0.05) is 34.1 Å². The van der Waals surface area contributed by atoms with Gasteiger partial charge in [-0.05, 0) is 58.9 Å². The second-order valence-corrected chi connectivity index (χ2v) is 7.09. The van der Waals surface area contributed by atoms with Gasteiger partial charge in [-0.25, -0.2) is 0 Å². The first-order chi connectivity index (χ1) is 13.1. The molecular formula is C22H27NO5. The van der Waals surface area contributed by atoms with E-state index in [-0.39, 0.29) is 30.6 Å². The summed E-state index contributed by atoms with van der Waals surface area (Å²) in [5, 5.41) is 0. The number of aryl methyl sites for hydroxylation is 1. The molecule has 1 aromatic carbocycles. The number of rotatable bonds is 8. The molecule has 2 aromatic rings. The first-order valence-electron chi connectivity index (χ1n) is 9.20. The summed E-state index contributed by atoms with van der Waals surface area (Å²) in [7, 11) is 1.49. The minimum atomic E-state index is -0.551. The Morgan fingerprint density at radius 3 is 2.32 bits per heavy atom. The van der Waals surface area contributed by atoms with Crippen LogP contribution in [0.2, 0.25) is 0 Å². The van der Waals surface area contributed by atoms with Crippen LogP contribution in [0.3, 0.4) is 0 Å². The Hall–Kier alpha value is -2.89. The Kier molecular flexibility index (Phi) is 6.78. The maximum atomic E-state index is 12.5. The van der Waals surface area contributed by atoms with Gasteiger partial charge in [0.05, 0.1) is 13.5 Å². The van der Waals surface area contributed by atoms with Crippen molar-refractivity contribution in [2.75, 3.05) is 13.7 Å². The fourth-order valence-electron chi connectivity index (χ4n) is 3.42. The maximum absolute atomic E-state index is 12.5. The van der Waals surface area contributed by atoms with Crippen LogP contribution in [-0.4, -0.2) is 35.8 Å². The summed E-state index contributed by atoms with van der Waals surface area (Å²) in [6.45, 7) is 9.07. The molecule has 0 bridgehead atoms. The number of aromatic nitrogens is 1. The number of Topliss-reactive ketones (excluding diaryl/α,β-unsaturated/α-hetero) is 2. The van der Waals surface area contributed by atoms with Crippen LogP contribution in [0, 0.1) is 13.8 Å². The molecule has 0 aliphatic carbocycles. The first-order valence-corrected chi connectivity index (χ1v) is 9.20. The molecule has 0 aliphatic rings. The van der Waals surface area contributed by atoms with E-state index in [9.17, 15) is 14.4 Å². The molecule has 1 heterocycles. The quantitative estimate of drug-likeness (QED) is 0.509. The zero-order valence-corrected chi connectivity index (χ0v) is 17.3. The zero-order valence-electron chi connectivity index (χ0n) is 17.3. The van der Waals surface area contributed by atoms with Crippen molar-refractivity contribution >= 4 is 17.5 Å². The van der Waals surface area contributed by atoms with Crippen molar-refractivity contribution in [1.29, 1.82) is 0 Å². The second kappa shape index (κ2) is 8.87. The standard InChI is InChI=1S/C22H27NO5/c1-13(2)23-14(3)9-19(15(23)4)20(25)12-28-22(26)11-18-10-17(16(5)24)7-8-21(18)27-6/h7-10,13H,11-12H2,1-6H3. The molecule has 0 unspecified atom stereocenters. The number of ketones is 2. The minimum absolute atomic E-state index is 0.0808. The Balaban J connectivity index is 2.07. The highest BCUT2D eigenvalue weighted by Crippen LogP contribution is 2.22. The number of esters is 1. The smallest absolute Gasteiger partial charge is 0.310 e. The van der Waals surface area contributed by atoms with E-state index in [0.717, 1.165) is 11.4 Å². The lowest BCUT2D eigenvalue weighted by molar-refractivity contribution is -0.141. The lowest BCUT2D eigenvalue weighted by atomic mass is 10.0. The second-order valence-electron chi connectivity index (χ2n) is 7.09. The Morgan fingerprint density at radius 1 is 1.11 bits per heavy atom. The molecule has 0 saturated carbocycles. The third-order valence-corrected chi connectivity index (χ3v) is 4.69. The predicted octanol–water partition coefficient (Wildman–Crippen LogP) is 3.87. The molecule has 0 spiro atoms. The summed E-state index contributed by atoms with van der Waals surface area (Å²) in [6.07, 6.45) is -0.0808. The summed E-state index contributed by atoms with van der Waals surface area (Å²) in [5.41, 5.74) is 3.46. The fraction of sp³-hybridized carbons (Fsp3) is 0.409. The molecule has 0 atom stereocenters. The highest BCUT2D eigenvalue weighted by molar-refractivity contribution is 5.99. The molecule has 0 N–H and O–H groups in total. The van der Waals surface area contributed by atoms with Crippen LogP contribution < -0.4 is 4.74 Å². The Labute approximate surface area is 165 Å². The largest absolute Gasteiger partial charge is 0.496 e. The summed E-state index contributed by atoms with van der Waals surface area (Å²) >= 11 is 0. The van der Waals surface area contributed by atoms with Gasteiger partial charge in [-0.1, -0.05) is 0 Å². The third-order valence-electron chi connectivity index (χ3n) is 4.69. The number of carbonyl (C=O) groups is 3. The van der Waals surface area contributed by atoms with Gasteiger partial charge in [0.1, 0.15) is 5.75 Å². The number of methoxy groups -OCH3 is 1. The number of hydrogen-bond donors (Lipinski definition) is 0. The van der Waals surface area contributed by atoms with Gasteiger partial charge in [-0.15, -0.1) is 0 Å². The first kappa shape index (κ1) is 21.4. The molecular weight excluding hydrogens is 358 g/mol. The van der Waals surface area contributed by atoms with E-state index in [2.05, 4.69) is 18.4 Å². The van der Waals surface area contributed by atoms with Crippen molar-refractivity contribution in [3.8, 4) is 5.75 Å². The monoisotopic (exact) mass is 385 g/mol. The summed E-state index contributed by atoms with van der Waals surface area (Å²) in [4.78, 5) is 36.3. The van der Waals surface area contributed by atoms with E-state index in [1.54, 1.807) is 18.2 Å². The Morgan fingerprint density at radius 2 is 1.79 bits per heavy atom. The molecule has 6 nitrogen and oxygen atoms in total. The van der Waals surface area contributed by atoms with Crippen molar-refractivity contribution in [1.82, 2.24) is 4.57 Å². The topological polar surface area (TPSA) is 74.6 Å². The third kappa shape index (κ3) is 4.68. The lowest BCUT2D eigenvalue weighted by Crippen LogP contribution is -2.17. The van der Waals surface area contributed by atoms with Gasteiger partial charge in [0.15, 0.2) is 12.4 Å². The van der Waals surface area contributed by atoms with Gasteiger partial charge >= 0.3 is 5.97 Å². The van der Waals surface area contributed by atoms with Crippen molar-refractivity contribution in [2.45, 2.75) is 47.1 Å². The van der Waals surface area contributed by atoms with Crippen molar-refractivity contribution < 1.29 is 23.9 Å². The highest BCUT2D eigenvalue weighted by Gasteiger charge is 2.19. The van der Waals surface area contributed by atoms with Crippen molar-refractivity contribution in [3.05, 3.63) is 52.3 Å². The summed E-state index contributed by atoms with van der Waals surface area (Å²) in [5.74, 6) is -0.399. The van der Waals surface area contributed by atoms with Gasteiger partial charge in [-0.3, -0.25) is 14.4 Å². The minimum Gasteiger partial charge on any atom is -0.496 e. The van der Waals surface area contributed by atoms with Crippen molar-refractivity contribution in [2.24, 2.45) is 0 Å². The van der Waals surface area contributed by atoms with Crippen LogP contribution in [0.15, 0.2) is 24.3 Å². The van der Waals surface area contributed by atoms with Crippen molar-refractivity contribution in [3.63, 3.8) is 0 Å². The molecule has 0 amide bonds. The number of hydrogen-bond acceptors (Lipinski definition) is 5. The van der Waals surface area contributed by atoms with Crippen LogP contribution >= 0.6 is 0 Å². The van der Waals surface area contributed by atoms with Crippen LogP contribution in [0.1, 0.15) is 64.5 Å². The van der Waals surface area contributed by atoms with Crippen LogP contribution in [0.25, 0.3) is 0 Å². The number of carbonyl (C=O) groups excluding carboxylic acids is 3. The zero-order chi connectivity index (χ0) is 21.0. The molecule has 6 heteroatoms. The lowest BCUT2D eigenvalue weighted by Gasteiger charge is -2.13. The molecule has 28 heavy (non-hydrogen) atoms.